The van der Waals surface area contributed by atoms with Gasteiger partial charge in [0.15, 0.2) is 11.5 Å². The van der Waals surface area contributed by atoms with E-state index in [2.05, 4.69) is 26.8 Å². The Morgan fingerprint density at radius 2 is 1.93 bits per heavy atom. The third-order valence-corrected chi connectivity index (χ3v) is 8.15. The van der Waals surface area contributed by atoms with Crippen molar-refractivity contribution in [3.05, 3.63) is 66.3 Å². The molecule has 10 heteroatoms. The third-order valence-electron chi connectivity index (χ3n) is 8.15. The Bertz CT molecular complexity index is 1790. The van der Waals surface area contributed by atoms with Crippen LogP contribution in [-0.4, -0.2) is 76.1 Å². The highest BCUT2D eigenvalue weighted by Crippen LogP contribution is 2.51. The van der Waals surface area contributed by atoms with Crippen molar-refractivity contribution in [3.8, 4) is 40.3 Å². The second-order valence-corrected chi connectivity index (χ2v) is 11.4. The predicted molar refractivity (Wildman–Crippen MR) is 166 cm³/mol. The first kappa shape index (κ1) is 28.2. The topological polar surface area (TPSA) is 112 Å². The van der Waals surface area contributed by atoms with Crippen molar-refractivity contribution in [2.75, 3.05) is 46.6 Å². The summed E-state index contributed by atoms with van der Waals surface area (Å²) in [5, 5.41) is 0.739. The van der Waals surface area contributed by atoms with Crippen molar-refractivity contribution in [3.63, 3.8) is 0 Å². The van der Waals surface area contributed by atoms with Crippen molar-refractivity contribution in [1.82, 2.24) is 29.3 Å². The molecule has 0 radical (unpaired) electrons. The first-order chi connectivity index (χ1) is 20.7. The quantitative estimate of drug-likeness (QED) is 0.260. The summed E-state index contributed by atoms with van der Waals surface area (Å²) in [4.78, 5) is 29.6. The predicted octanol–water partition coefficient (Wildman–Crippen LogP) is 3.90. The van der Waals surface area contributed by atoms with Crippen LogP contribution in [-0.2, 0) is 11.8 Å². The van der Waals surface area contributed by atoms with E-state index in [0.29, 0.717) is 40.7 Å². The summed E-state index contributed by atoms with van der Waals surface area (Å²) in [5.74, 6) is 10.1. The van der Waals surface area contributed by atoms with Crippen LogP contribution in [0.2, 0.25) is 0 Å². The van der Waals surface area contributed by atoms with Crippen LogP contribution in [0.1, 0.15) is 11.3 Å². The van der Waals surface area contributed by atoms with Gasteiger partial charge in [-0.05, 0) is 68.1 Å². The van der Waals surface area contributed by atoms with Gasteiger partial charge in [-0.25, -0.2) is 15.0 Å². The molecule has 0 spiro atoms. The van der Waals surface area contributed by atoms with Crippen molar-refractivity contribution < 1.29 is 14.3 Å². The number of nitrogens with two attached hydrogens (primary N) is 1. The molecule has 2 fully saturated rings. The highest BCUT2D eigenvalue weighted by Gasteiger charge is 2.55. The number of likely N-dealkylation sites (tertiary alicyclic amines) is 1. The lowest BCUT2D eigenvalue weighted by atomic mass is 10.0. The highest BCUT2D eigenvalue weighted by molar-refractivity contribution is 6.03. The number of hydrogen-bond acceptors (Lipinski definition) is 8. The number of piperidine rings is 1. The van der Waals surface area contributed by atoms with E-state index in [9.17, 15) is 4.79 Å². The summed E-state index contributed by atoms with van der Waals surface area (Å²) < 4.78 is 13.7. The maximum Gasteiger partial charge on any atom is 0.246 e. The van der Waals surface area contributed by atoms with Crippen LogP contribution in [0, 0.1) is 36.5 Å². The fourth-order valence-electron chi connectivity index (χ4n) is 5.83. The number of nitrogens with zero attached hydrogens (tertiary/aromatic N) is 6. The van der Waals surface area contributed by atoms with Gasteiger partial charge in [-0.1, -0.05) is 18.1 Å². The number of amides is 1. The van der Waals surface area contributed by atoms with Gasteiger partial charge >= 0.3 is 0 Å². The number of benzene rings is 1. The van der Waals surface area contributed by atoms with Crippen LogP contribution < -0.4 is 15.2 Å². The number of carbonyl (C=O) groups excluding carboxylic acids is 1. The molecule has 0 bridgehead atoms. The number of aryl methyl sites for hydroxylation is 2. The molecule has 43 heavy (non-hydrogen) atoms. The average Bonchev–Trinajstić information content (AvgIpc) is 3.29. The van der Waals surface area contributed by atoms with Crippen LogP contribution >= 0.6 is 0 Å². The maximum absolute atomic E-state index is 12.6. The van der Waals surface area contributed by atoms with Gasteiger partial charge in [0, 0.05) is 56.5 Å². The SMILES string of the molecule is COc1cc(-c2c(C#CC3[C@H]4CN(C(=O)/C=C/CN(C)C)C[C@@H]34)n(C)c3ncnc(N)c23)ccc1Oc1cc(C)ccn1. The molecular formula is C33H35N7O3. The van der Waals surface area contributed by atoms with Gasteiger partial charge in [0.25, 0.3) is 0 Å². The minimum Gasteiger partial charge on any atom is -0.493 e. The molecule has 1 amide bonds. The summed E-state index contributed by atoms with van der Waals surface area (Å²) in [6.07, 6.45) is 6.77. The van der Waals surface area contributed by atoms with Crippen molar-refractivity contribution in [2.24, 2.45) is 24.8 Å². The molecule has 1 saturated carbocycles. The zero-order valence-corrected chi connectivity index (χ0v) is 25.0. The van der Waals surface area contributed by atoms with Crippen LogP contribution in [0.5, 0.6) is 17.4 Å². The Morgan fingerprint density at radius 3 is 2.65 bits per heavy atom. The van der Waals surface area contributed by atoms with Gasteiger partial charge < -0.3 is 29.6 Å². The standard InChI is InChI=1S/C33H35N7O3/c1-20-12-13-35-28(15-20)43-26-11-8-21(16-27(26)42-5)30-25(39(4)33-31(30)32(34)36-19-37-33)10-9-22-23-17-40(18-24(22)23)29(41)7-6-14-38(2)3/h6-8,11-13,15-16,19,22-24H,14,17-18H2,1-5H3,(H2,34,36,37)/b7-6+/t22?,23-,24+. The van der Waals surface area contributed by atoms with E-state index in [1.165, 1.54) is 6.33 Å². The number of ether oxygens (including phenoxy) is 2. The molecule has 3 atom stereocenters. The highest BCUT2D eigenvalue weighted by atomic mass is 16.5. The molecule has 1 unspecified atom stereocenters. The van der Waals surface area contributed by atoms with E-state index >= 15 is 0 Å². The summed E-state index contributed by atoms with van der Waals surface area (Å²) in [6.45, 7) is 4.21. The molecule has 3 aromatic heterocycles. The van der Waals surface area contributed by atoms with Crippen LogP contribution in [0.15, 0.2) is 55.0 Å². The molecule has 1 saturated heterocycles. The number of hydrogen-bond donors (Lipinski definition) is 1. The molecule has 1 aromatic carbocycles. The van der Waals surface area contributed by atoms with Gasteiger partial charge in [0.1, 0.15) is 23.5 Å². The smallest absolute Gasteiger partial charge is 0.246 e. The normalized spacial score (nSPS) is 19.0. The van der Waals surface area contributed by atoms with Crippen LogP contribution in [0.25, 0.3) is 22.2 Å². The first-order valence-corrected chi connectivity index (χ1v) is 14.2. The second-order valence-electron chi connectivity index (χ2n) is 11.4. The van der Waals surface area contributed by atoms with Crippen LogP contribution in [0.4, 0.5) is 5.82 Å². The Hall–Kier alpha value is -4.88. The molecule has 4 aromatic rings. The maximum atomic E-state index is 12.6. The summed E-state index contributed by atoms with van der Waals surface area (Å²) in [6, 6.07) is 9.51. The molecule has 220 valence electrons. The fourth-order valence-corrected chi connectivity index (χ4v) is 5.83. The fraction of sp³-hybridized carbons (Fsp3) is 0.333. The molecular weight excluding hydrogens is 542 g/mol. The third kappa shape index (κ3) is 5.51. The minimum atomic E-state index is 0.0744. The molecule has 1 aliphatic carbocycles. The Labute approximate surface area is 251 Å². The number of pyridine rings is 1. The average molecular weight is 578 g/mol. The Morgan fingerprint density at radius 1 is 1.14 bits per heavy atom. The summed E-state index contributed by atoms with van der Waals surface area (Å²) >= 11 is 0. The van der Waals surface area contributed by atoms with Gasteiger partial charge in [0.05, 0.1) is 12.5 Å². The Balaban J connectivity index is 1.29. The summed E-state index contributed by atoms with van der Waals surface area (Å²) in [5.41, 5.74) is 10.7. The van der Waals surface area contributed by atoms with Gasteiger partial charge in [-0.3, -0.25) is 4.79 Å². The van der Waals surface area contributed by atoms with E-state index in [1.807, 2.05) is 78.8 Å². The lowest BCUT2D eigenvalue weighted by molar-refractivity contribution is -0.125. The Kier molecular flexibility index (Phi) is 7.50. The van der Waals surface area contributed by atoms with Crippen molar-refractivity contribution >= 4 is 22.8 Å². The van der Waals surface area contributed by atoms with Crippen LogP contribution in [0.3, 0.4) is 0 Å². The van der Waals surface area contributed by atoms with Gasteiger partial charge in [-0.15, -0.1) is 0 Å². The van der Waals surface area contributed by atoms with Crippen molar-refractivity contribution in [2.45, 2.75) is 6.92 Å². The summed E-state index contributed by atoms with van der Waals surface area (Å²) in [7, 11) is 7.51. The number of likely N-dealkylation sites (N-methyl/N-ethyl adjacent to an activating group) is 1. The number of carbonyl (C=O) groups is 1. The number of fused-ring (bicyclic) bond motifs is 2. The molecule has 6 rings (SSSR count). The monoisotopic (exact) mass is 577 g/mol. The number of rotatable bonds is 7. The van der Waals surface area contributed by atoms with E-state index < -0.39 is 0 Å². The lowest BCUT2D eigenvalue weighted by Gasteiger charge is -2.16. The zero-order chi connectivity index (χ0) is 30.2. The molecule has 4 heterocycles. The molecule has 2 N–H and O–H groups in total. The van der Waals surface area contributed by atoms with E-state index in [-0.39, 0.29) is 11.8 Å². The zero-order valence-electron chi connectivity index (χ0n) is 25.0. The molecule has 2 aliphatic rings. The van der Waals surface area contributed by atoms with Gasteiger partial charge in [-0.2, -0.15) is 0 Å². The number of aromatic nitrogens is 4. The number of methoxy groups -OCH3 is 1. The molecule has 10 nitrogen and oxygen atoms in total. The minimum absolute atomic E-state index is 0.0744. The van der Waals surface area contributed by atoms with Gasteiger partial charge in [0.2, 0.25) is 11.8 Å². The van der Waals surface area contributed by atoms with E-state index in [4.69, 9.17) is 15.2 Å². The van der Waals surface area contributed by atoms with E-state index in [1.54, 1.807) is 19.4 Å². The second kappa shape index (κ2) is 11.4. The molecule has 1 aliphatic heterocycles. The number of anilines is 1. The lowest BCUT2D eigenvalue weighted by Crippen LogP contribution is -2.30. The number of nitrogen functional groups attached to an aromatic ring is 1. The van der Waals surface area contributed by atoms with Crippen molar-refractivity contribution in [1.29, 1.82) is 0 Å². The largest absolute Gasteiger partial charge is 0.493 e. The van der Waals surface area contributed by atoms with E-state index in [0.717, 1.165) is 47.4 Å². The first-order valence-electron chi connectivity index (χ1n) is 14.2.